The molecule has 1 aromatic carbocycles. The number of carbonyl (C=O) groups is 2. The summed E-state index contributed by atoms with van der Waals surface area (Å²) >= 11 is 0. The molecule has 0 aliphatic carbocycles. The summed E-state index contributed by atoms with van der Waals surface area (Å²) in [5.74, 6) is -1.31. The highest BCUT2D eigenvalue weighted by atomic mass is 16.4. The summed E-state index contributed by atoms with van der Waals surface area (Å²) in [6.07, 6.45) is 2.46. The Bertz CT molecular complexity index is 659. The Labute approximate surface area is 136 Å². The predicted molar refractivity (Wildman–Crippen MR) is 90.8 cm³/mol. The molecule has 1 atom stereocenters. The molecule has 1 unspecified atom stereocenters. The van der Waals surface area contributed by atoms with Gasteiger partial charge in [0.25, 0.3) is 0 Å². The number of hydrogen-bond acceptors (Lipinski definition) is 4. The van der Waals surface area contributed by atoms with Crippen LogP contribution in [0.25, 0.3) is 5.57 Å². The van der Waals surface area contributed by atoms with Gasteiger partial charge < -0.3 is 10.2 Å². The Balaban J connectivity index is 3.58. The van der Waals surface area contributed by atoms with Gasteiger partial charge in [0.05, 0.1) is 12.2 Å². The van der Waals surface area contributed by atoms with Crippen LogP contribution in [0.2, 0.25) is 0 Å². The topological polar surface area (TPSA) is 87.0 Å². The number of carboxylic acids is 1. The molecule has 0 aliphatic heterocycles. The van der Waals surface area contributed by atoms with Crippen molar-refractivity contribution in [2.45, 2.75) is 46.8 Å². The summed E-state index contributed by atoms with van der Waals surface area (Å²) < 4.78 is 0. The monoisotopic (exact) mass is 317 g/mol. The summed E-state index contributed by atoms with van der Waals surface area (Å²) in [6.45, 7) is 6.82. The minimum absolute atomic E-state index is 0.0434. The van der Waals surface area contributed by atoms with Crippen molar-refractivity contribution < 1.29 is 19.8 Å². The zero-order valence-electron chi connectivity index (χ0n) is 14.0. The van der Waals surface area contributed by atoms with E-state index >= 15 is 0 Å². The van der Waals surface area contributed by atoms with Crippen molar-refractivity contribution in [3.63, 3.8) is 0 Å². The summed E-state index contributed by atoms with van der Waals surface area (Å²) in [5.41, 5.74) is 1.79. The molecular weight excluding hydrogens is 294 g/mol. The Morgan fingerprint density at radius 3 is 2.39 bits per heavy atom. The van der Waals surface area contributed by atoms with Crippen LogP contribution in [0.15, 0.2) is 29.3 Å². The molecule has 0 bridgehead atoms. The van der Waals surface area contributed by atoms with Crippen molar-refractivity contribution in [2.75, 3.05) is 0 Å². The van der Waals surface area contributed by atoms with Crippen molar-refractivity contribution in [1.82, 2.24) is 0 Å². The molecule has 0 spiro atoms. The third-order valence-electron chi connectivity index (χ3n) is 3.60. The standard InChI is InChI=1S/C18H23NO4/c1-5-11(3)19-17(12(4)21)14(6-2)16-9-13(10-20)7-8-15(16)18(22)23/h6-9,11,20H,5,10H2,1-4H3,(H,22,23)/b14-6-,19-17-. The van der Waals surface area contributed by atoms with E-state index in [1.807, 2.05) is 13.8 Å². The van der Waals surface area contributed by atoms with Crippen LogP contribution in [0, 0.1) is 0 Å². The number of aliphatic imine (C=N–C) groups is 1. The van der Waals surface area contributed by atoms with Crippen LogP contribution in [0.5, 0.6) is 0 Å². The zero-order valence-corrected chi connectivity index (χ0v) is 14.0. The SMILES string of the molecule is C/C=C(\C(=N/C(C)CC)C(C)=O)c1cc(CO)ccc1C(=O)O. The Hall–Kier alpha value is -2.27. The lowest BCUT2D eigenvalue weighted by Crippen LogP contribution is -2.17. The number of aliphatic hydroxyl groups is 1. The maximum Gasteiger partial charge on any atom is 0.336 e. The number of aliphatic hydroxyl groups excluding tert-OH is 1. The number of carbonyl (C=O) groups excluding carboxylic acids is 1. The van der Waals surface area contributed by atoms with Crippen LogP contribution in [-0.4, -0.2) is 33.7 Å². The molecule has 0 aromatic heterocycles. The largest absolute Gasteiger partial charge is 0.478 e. The number of Topliss-reactive ketones (excluding diaryl/α,β-unsaturated/α-hetero) is 1. The lowest BCUT2D eigenvalue weighted by Gasteiger charge is -2.15. The number of carboxylic acid groups (broad SMARTS) is 1. The molecular formula is C18H23NO4. The maximum absolute atomic E-state index is 12.0. The average Bonchev–Trinajstić information content (AvgIpc) is 2.53. The number of allylic oxidation sites excluding steroid dienone is 2. The van der Waals surface area contributed by atoms with Gasteiger partial charge in [0, 0.05) is 18.5 Å². The van der Waals surface area contributed by atoms with Crippen molar-refractivity contribution in [3.05, 3.63) is 41.0 Å². The van der Waals surface area contributed by atoms with Crippen LogP contribution in [0.3, 0.4) is 0 Å². The molecule has 2 N–H and O–H groups in total. The molecule has 0 aliphatic rings. The van der Waals surface area contributed by atoms with Gasteiger partial charge in [-0.3, -0.25) is 9.79 Å². The molecule has 0 amide bonds. The van der Waals surface area contributed by atoms with E-state index in [9.17, 15) is 19.8 Å². The molecule has 5 heteroatoms. The van der Waals surface area contributed by atoms with E-state index in [1.54, 1.807) is 25.1 Å². The van der Waals surface area contributed by atoms with Gasteiger partial charge >= 0.3 is 5.97 Å². The van der Waals surface area contributed by atoms with Crippen molar-refractivity contribution >= 4 is 23.0 Å². The van der Waals surface area contributed by atoms with Gasteiger partial charge in [0.2, 0.25) is 0 Å². The van der Waals surface area contributed by atoms with Gasteiger partial charge in [-0.25, -0.2) is 4.79 Å². The summed E-state index contributed by atoms with van der Waals surface area (Å²) in [5, 5.41) is 18.7. The number of benzene rings is 1. The summed E-state index contributed by atoms with van der Waals surface area (Å²) in [6, 6.07) is 4.54. The molecule has 5 nitrogen and oxygen atoms in total. The van der Waals surface area contributed by atoms with Gasteiger partial charge in [-0.15, -0.1) is 0 Å². The minimum atomic E-state index is -1.09. The fourth-order valence-corrected chi connectivity index (χ4v) is 2.18. The fourth-order valence-electron chi connectivity index (χ4n) is 2.18. The quantitative estimate of drug-likeness (QED) is 0.756. The third kappa shape index (κ3) is 4.60. The first-order chi connectivity index (χ1) is 10.8. The first-order valence-electron chi connectivity index (χ1n) is 7.58. The average molecular weight is 317 g/mol. The second-order valence-corrected chi connectivity index (χ2v) is 5.34. The van der Waals surface area contributed by atoms with Crippen molar-refractivity contribution in [2.24, 2.45) is 4.99 Å². The maximum atomic E-state index is 12.0. The highest BCUT2D eigenvalue weighted by molar-refractivity contribution is 6.56. The van der Waals surface area contributed by atoms with Crippen LogP contribution in [-0.2, 0) is 11.4 Å². The number of hydrogen-bond donors (Lipinski definition) is 2. The molecule has 0 radical (unpaired) electrons. The summed E-state index contributed by atoms with van der Waals surface area (Å²) in [4.78, 5) is 28.0. The molecule has 124 valence electrons. The van der Waals surface area contributed by atoms with Crippen molar-refractivity contribution in [1.29, 1.82) is 0 Å². The van der Waals surface area contributed by atoms with Gasteiger partial charge in [-0.05, 0) is 43.5 Å². The number of rotatable bonds is 7. The van der Waals surface area contributed by atoms with E-state index in [2.05, 4.69) is 4.99 Å². The first kappa shape index (κ1) is 18.8. The lowest BCUT2D eigenvalue weighted by atomic mass is 9.92. The smallest absolute Gasteiger partial charge is 0.336 e. The second-order valence-electron chi connectivity index (χ2n) is 5.34. The molecule has 0 saturated heterocycles. The van der Waals surface area contributed by atoms with Crippen LogP contribution in [0.1, 0.15) is 55.6 Å². The molecule has 23 heavy (non-hydrogen) atoms. The lowest BCUT2D eigenvalue weighted by molar-refractivity contribution is -0.111. The molecule has 0 fully saturated rings. The molecule has 0 saturated carbocycles. The molecule has 0 heterocycles. The second kappa shape index (κ2) is 8.39. The van der Waals surface area contributed by atoms with E-state index in [0.717, 1.165) is 6.42 Å². The fraction of sp³-hybridized carbons (Fsp3) is 0.389. The van der Waals surface area contributed by atoms with Crippen molar-refractivity contribution in [3.8, 4) is 0 Å². The van der Waals surface area contributed by atoms with E-state index in [0.29, 0.717) is 16.7 Å². The molecule has 1 aromatic rings. The number of ketones is 1. The minimum Gasteiger partial charge on any atom is -0.478 e. The highest BCUT2D eigenvalue weighted by Gasteiger charge is 2.20. The van der Waals surface area contributed by atoms with Crippen LogP contribution in [0.4, 0.5) is 0 Å². The third-order valence-corrected chi connectivity index (χ3v) is 3.60. The zero-order chi connectivity index (χ0) is 17.6. The highest BCUT2D eigenvalue weighted by Crippen LogP contribution is 2.24. The van der Waals surface area contributed by atoms with E-state index in [4.69, 9.17) is 0 Å². The predicted octanol–water partition coefficient (Wildman–Crippen LogP) is 3.11. The van der Waals surface area contributed by atoms with Crippen LogP contribution >= 0.6 is 0 Å². The van der Waals surface area contributed by atoms with Gasteiger partial charge in [0.15, 0.2) is 5.78 Å². The Kier molecular flexibility index (Phi) is 6.85. The van der Waals surface area contributed by atoms with Gasteiger partial charge in [-0.1, -0.05) is 19.1 Å². The molecule has 1 rings (SSSR count). The van der Waals surface area contributed by atoms with Gasteiger partial charge in [0.1, 0.15) is 5.71 Å². The van der Waals surface area contributed by atoms with Crippen LogP contribution < -0.4 is 0 Å². The Morgan fingerprint density at radius 1 is 1.30 bits per heavy atom. The number of aromatic carboxylic acids is 1. The number of nitrogens with zero attached hydrogens (tertiary/aromatic N) is 1. The van der Waals surface area contributed by atoms with E-state index in [1.165, 1.54) is 13.0 Å². The van der Waals surface area contributed by atoms with E-state index in [-0.39, 0.29) is 29.7 Å². The van der Waals surface area contributed by atoms with E-state index < -0.39 is 5.97 Å². The van der Waals surface area contributed by atoms with Gasteiger partial charge in [-0.2, -0.15) is 0 Å². The Morgan fingerprint density at radius 2 is 1.96 bits per heavy atom. The summed E-state index contributed by atoms with van der Waals surface area (Å²) in [7, 11) is 0. The first-order valence-corrected chi connectivity index (χ1v) is 7.58. The normalized spacial score (nSPS) is 13.8.